The molecule has 2 aromatic rings. The van der Waals surface area contributed by atoms with E-state index in [4.69, 9.17) is 9.90 Å². The Hall–Kier alpha value is -3.22. The number of benzene rings is 1. The Balaban J connectivity index is 0.000000755. The maximum absolute atomic E-state index is 12.8. The number of nitrogens with zero attached hydrogens (tertiary/aromatic N) is 3. The second kappa shape index (κ2) is 8.86. The summed E-state index contributed by atoms with van der Waals surface area (Å²) in [6, 6.07) is 11.8. The van der Waals surface area contributed by atoms with Crippen LogP contribution in [0.4, 0.5) is 0 Å². The molecule has 0 bridgehead atoms. The first-order valence-corrected chi connectivity index (χ1v) is 9.57. The highest BCUT2D eigenvalue weighted by atomic mass is 16.3. The predicted octanol–water partition coefficient (Wildman–Crippen LogP) is 2.38. The second-order valence-electron chi connectivity index (χ2n) is 7.45. The van der Waals surface area contributed by atoms with Crippen LogP contribution in [0, 0.1) is 18.8 Å². The maximum Gasteiger partial charge on any atom is 0.290 e. The van der Waals surface area contributed by atoms with Gasteiger partial charge in [-0.3, -0.25) is 19.4 Å². The van der Waals surface area contributed by atoms with Crippen molar-refractivity contribution in [1.82, 2.24) is 14.8 Å². The summed E-state index contributed by atoms with van der Waals surface area (Å²) in [6.45, 7) is 5.60. The first kappa shape index (κ1) is 20.5. The molecule has 2 fully saturated rings. The fourth-order valence-corrected chi connectivity index (χ4v) is 4.53. The third kappa shape index (κ3) is 4.13. The van der Waals surface area contributed by atoms with Gasteiger partial charge in [0.15, 0.2) is 0 Å². The van der Waals surface area contributed by atoms with Gasteiger partial charge in [-0.15, -0.1) is 0 Å². The zero-order valence-corrected chi connectivity index (χ0v) is 16.6. The molecule has 2 saturated heterocycles. The Kier molecular flexibility index (Phi) is 6.26. The van der Waals surface area contributed by atoms with Crippen LogP contribution in [0.2, 0.25) is 0 Å². The molecule has 29 heavy (non-hydrogen) atoms. The summed E-state index contributed by atoms with van der Waals surface area (Å²) >= 11 is 0. The van der Waals surface area contributed by atoms with Gasteiger partial charge in [0.25, 0.3) is 12.4 Å². The van der Waals surface area contributed by atoms with Gasteiger partial charge in [-0.2, -0.15) is 0 Å². The van der Waals surface area contributed by atoms with E-state index < -0.39 is 0 Å². The molecule has 0 unspecified atom stereocenters. The smallest absolute Gasteiger partial charge is 0.290 e. The average molecular weight is 395 g/mol. The van der Waals surface area contributed by atoms with Gasteiger partial charge in [0.2, 0.25) is 5.91 Å². The topological polar surface area (TPSA) is 90.8 Å². The van der Waals surface area contributed by atoms with Gasteiger partial charge in [0.05, 0.1) is 6.04 Å². The van der Waals surface area contributed by atoms with Crippen LogP contribution in [0.15, 0.2) is 48.8 Å². The standard InChI is InChI=1S/C21H23N3O2.CH2O2/c1-14-5-3-4-6-18(14)20-19-13-23(11-17(19)12-24(20)15(2)25)21(26)16-7-9-22-10-8-16;2-1-3/h3-10,17,19-20H,11-13H2,1-2H3;1H,(H,2,3)/t17-,19-,20+;/m1./s1. The normalized spacial score (nSPS) is 22.5. The Morgan fingerprint density at radius 1 is 1.10 bits per heavy atom. The van der Waals surface area contributed by atoms with E-state index in [1.807, 2.05) is 21.9 Å². The predicted molar refractivity (Wildman–Crippen MR) is 107 cm³/mol. The summed E-state index contributed by atoms with van der Waals surface area (Å²) < 4.78 is 0. The van der Waals surface area contributed by atoms with Crippen LogP contribution in [-0.4, -0.2) is 57.8 Å². The minimum atomic E-state index is -0.250. The molecule has 2 aliphatic rings. The molecule has 3 atom stereocenters. The van der Waals surface area contributed by atoms with Gasteiger partial charge in [-0.1, -0.05) is 24.3 Å². The maximum atomic E-state index is 12.8. The summed E-state index contributed by atoms with van der Waals surface area (Å²) in [5.41, 5.74) is 3.08. The van der Waals surface area contributed by atoms with Crippen molar-refractivity contribution in [2.45, 2.75) is 19.9 Å². The van der Waals surface area contributed by atoms with E-state index in [0.29, 0.717) is 24.6 Å². The zero-order valence-electron chi connectivity index (χ0n) is 16.6. The number of likely N-dealkylation sites (tertiary alicyclic amines) is 2. The molecular formula is C22H25N3O4. The number of pyridine rings is 1. The minimum absolute atomic E-state index is 0.0499. The van der Waals surface area contributed by atoms with Gasteiger partial charge < -0.3 is 14.9 Å². The lowest BCUT2D eigenvalue weighted by atomic mass is 9.87. The quantitative estimate of drug-likeness (QED) is 0.789. The third-order valence-corrected chi connectivity index (χ3v) is 5.79. The first-order chi connectivity index (χ1) is 14.0. The van der Waals surface area contributed by atoms with Crippen molar-refractivity contribution in [1.29, 1.82) is 0 Å². The molecule has 3 heterocycles. The molecule has 1 aromatic heterocycles. The Morgan fingerprint density at radius 2 is 1.76 bits per heavy atom. The number of carbonyl (C=O) groups excluding carboxylic acids is 2. The first-order valence-electron chi connectivity index (χ1n) is 9.57. The van der Waals surface area contributed by atoms with E-state index in [9.17, 15) is 9.59 Å². The molecule has 152 valence electrons. The van der Waals surface area contributed by atoms with E-state index in [1.165, 1.54) is 11.1 Å². The summed E-state index contributed by atoms with van der Waals surface area (Å²) in [6.07, 6.45) is 3.30. The van der Waals surface area contributed by atoms with Crippen LogP contribution in [-0.2, 0) is 9.59 Å². The number of aryl methyl sites for hydroxylation is 1. The van der Waals surface area contributed by atoms with Crippen LogP contribution >= 0.6 is 0 Å². The highest BCUT2D eigenvalue weighted by molar-refractivity contribution is 5.94. The van der Waals surface area contributed by atoms with Crippen LogP contribution in [0.1, 0.15) is 34.5 Å². The molecule has 7 nitrogen and oxygen atoms in total. The minimum Gasteiger partial charge on any atom is -0.483 e. The van der Waals surface area contributed by atoms with Crippen molar-refractivity contribution >= 4 is 18.3 Å². The summed E-state index contributed by atoms with van der Waals surface area (Å²) in [5.74, 6) is 0.777. The highest BCUT2D eigenvalue weighted by Crippen LogP contribution is 2.45. The number of hydrogen-bond acceptors (Lipinski definition) is 4. The van der Waals surface area contributed by atoms with E-state index >= 15 is 0 Å². The van der Waals surface area contributed by atoms with Gasteiger partial charge in [-0.05, 0) is 30.2 Å². The van der Waals surface area contributed by atoms with E-state index in [-0.39, 0.29) is 30.2 Å². The van der Waals surface area contributed by atoms with E-state index in [0.717, 1.165) is 6.54 Å². The van der Waals surface area contributed by atoms with Crippen LogP contribution in [0.25, 0.3) is 0 Å². The molecule has 0 radical (unpaired) electrons. The molecule has 0 aliphatic carbocycles. The van der Waals surface area contributed by atoms with Crippen molar-refractivity contribution in [3.8, 4) is 0 Å². The SMILES string of the molecule is CC(=O)N1C[C@H]2CN(C(=O)c3ccncc3)C[C@H]2[C@@H]1c1ccccc1C.O=CO. The number of amides is 2. The van der Waals surface area contributed by atoms with Crippen molar-refractivity contribution in [2.24, 2.45) is 11.8 Å². The molecule has 0 saturated carbocycles. The van der Waals surface area contributed by atoms with Gasteiger partial charge >= 0.3 is 0 Å². The summed E-state index contributed by atoms with van der Waals surface area (Å²) in [4.78, 5) is 41.3. The van der Waals surface area contributed by atoms with E-state index in [1.54, 1.807) is 31.5 Å². The lowest BCUT2D eigenvalue weighted by molar-refractivity contribution is -0.130. The molecule has 1 N–H and O–H groups in total. The number of carboxylic acid groups (broad SMARTS) is 1. The molecule has 1 aromatic carbocycles. The average Bonchev–Trinajstić information content (AvgIpc) is 3.27. The van der Waals surface area contributed by atoms with Gasteiger partial charge in [0.1, 0.15) is 0 Å². The number of fused-ring (bicyclic) bond motifs is 1. The number of carbonyl (C=O) groups is 3. The molecule has 4 rings (SSSR count). The lowest BCUT2D eigenvalue weighted by Crippen LogP contribution is -2.36. The third-order valence-electron chi connectivity index (χ3n) is 5.79. The number of aromatic nitrogens is 1. The Labute approximate surface area is 170 Å². The van der Waals surface area contributed by atoms with Crippen molar-refractivity contribution in [2.75, 3.05) is 19.6 Å². The Bertz CT molecular complexity index is 887. The van der Waals surface area contributed by atoms with Crippen molar-refractivity contribution < 1.29 is 19.5 Å². The van der Waals surface area contributed by atoms with Crippen molar-refractivity contribution in [3.63, 3.8) is 0 Å². The molecule has 2 amide bonds. The molecule has 7 heteroatoms. The molecular weight excluding hydrogens is 370 g/mol. The van der Waals surface area contributed by atoms with Gasteiger partial charge in [0, 0.05) is 56.4 Å². The zero-order chi connectivity index (χ0) is 21.0. The number of hydrogen-bond donors (Lipinski definition) is 1. The van der Waals surface area contributed by atoms with Crippen LogP contribution in [0.5, 0.6) is 0 Å². The van der Waals surface area contributed by atoms with E-state index in [2.05, 4.69) is 24.0 Å². The monoisotopic (exact) mass is 395 g/mol. The molecule has 0 spiro atoms. The fraction of sp³-hybridized carbons (Fsp3) is 0.364. The summed E-state index contributed by atoms with van der Waals surface area (Å²) in [5, 5.41) is 6.89. The highest BCUT2D eigenvalue weighted by Gasteiger charge is 2.49. The fourth-order valence-electron chi connectivity index (χ4n) is 4.53. The number of rotatable bonds is 2. The Morgan fingerprint density at radius 3 is 2.38 bits per heavy atom. The largest absolute Gasteiger partial charge is 0.483 e. The second-order valence-corrected chi connectivity index (χ2v) is 7.45. The van der Waals surface area contributed by atoms with Crippen molar-refractivity contribution in [3.05, 3.63) is 65.5 Å². The van der Waals surface area contributed by atoms with Gasteiger partial charge in [-0.25, -0.2) is 0 Å². The lowest BCUT2D eigenvalue weighted by Gasteiger charge is -2.30. The summed E-state index contributed by atoms with van der Waals surface area (Å²) in [7, 11) is 0. The van der Waals surface area contributed by atoms with Crippen LogP contribution in [0.3, 0.4) is 0 Å². The molecule has 2 aliphatic heterocycles. The van der Waals surface area contributed by atoms with Crippen LogP contribution < -0.4 is 0 Å².